The largest absolute Gasteiger partial charge is 0.368 e. The molecular formula is C14H20N2O4S. The summed E-state index contributed by atoms with van der Waals surface area (Å²) < 4.78 is 26.8. The van der Waals surface area contributed by atoms with Crippen molar-refractivity contribution in [2.75, 3.05) is 0 Å². The summed E-state index contributed by atoms with van der Waals surface area (Å²) in [7, 11) is -3.86. The number of carbonyl (C=O) groups is 2. The highest BCUT2D eigenvalue weighted by Crippen LogP contribution is 2.15. The molecule has 0 saturated heterocycles. The third-order valence-corrected chi connectivity index (χ3v) is 4.83. The van der Waals surface area contributed by atoms with E-state index in [1.165, 1.54) is 31.2 Å². The smallest absolute Gasteiger partial charge is 0.241 e. The summed E-state index contributed by atoms with van der Waals surface area (Å²) in [5.74, 6) is -1.08. The number of nitrogens with one attached hydrogen (secondary N) is 1. The molecule has 0 bridgehead atoms. The molecule has 0 aliphatic rings. The second-order valence-electron chi connectivity index (χ2n) is 4.97. The maximum atomic E-state index is 12.2. The van der Waals surface area contributed by atoms with E-state index >= 15 is 0 Å². The topological polar surface area (TPSA) is 106 Å². The number of ketones is 1. The Labute approximate surface area is 124 Å². The van der Waals surface area contributed by atoms with Crippen LogP contribution in [0.15, 0.2) is 29.2 Å². The molecule has 2 atom stereocenters. The fraction of sp³-hybridized carbons (Fsp3) is 0.429. The van der Waals surface area contributed by atoms with E-state index in [0.29, 0.717) is 12.0 Å². The van der Waals surface area contributed by atoms with Crippen LogP contribution in [-0.2, 0) is 14.8 Å². The first-order valence-corrected chi connectivity index (χ1v) is 8.10. The van der Waals surface area contributed by atoms with Crippen molar-refractivity contribution in [1.29, 1.82) is 0 Å². The molecule has 2 unspecified atom stereocenters. The number of benzene rings is 1. The number of primary amides is 1. The van der Waals surface area contributed by atoms with Gasteiger partial charge in [-0.3, -0.25) is 9.59 Å². The van der Waals surface area contributed by atoms with Gasteiger partial charge in [0, 0.05) is 5.56 Å². The van der Waals surface area contributed by atoms with Crippen molar-refractivity contribution >= 4 is 21.7 Å². The number of hydrogen-bond acceptors (Lipinski definition) is 4. The minimum Gasteiger partial charge on any atom is -0.368 e. The molecule has 0 radical (unpaired) electrons. The summed E-state index contributed by atoms with van der Waals surface area (Å²) in [4.78, 5) is 22.6. The Balaban J connectivity index is 3.04. The van der Waals surface area contributed by atoms with Crippen LogP contribution in [0.4, 0.5) is 0 Å². The molecule has 1 aromatic carbocycles. The standard InChI is InChI=1S/C14H20N2O4S/c1-4-9(2)13(14(15)18)16-21(19,20)12-7-5-11(6-8-12)10(3)17/h5-9,13,16H,4H2,1-3H3,(H2,15,18). The molecule has 0 aromatic heterocycles. The molecule has 7 heteroatoms. The Morgan fingerprint density at radius 1 is 1.24 bits per heavy atom. The number of sulfonamides is 1. The van der Waals surface area contributed by atoms with Crippen LogP contribution in [0, 0.1) is 5.92 Å². The van der Waals surface area contributed by atoms with E-state index in [0.717, 1.165) is 0 Å². The summed E-state index contributed by atoms with van der Waals surface area (Å²) in [6, 6.07) is 4.55. The van der Waals surface area contributed by atoms with Crippen molar-refractivity contribution in [3.8, 4) is 0 Å². The number of rotatable bonds is 7. The third-order valence-electron chi connectivity index (χ3n) is 3.37. The maximum absolute atomic E-state index is 12.2. The summed E-state index contributed by atoms with van der Waals surface area (Å²) in [5.41, 5.74) is 5.67. The van der Waals surface area contributed by atoms with Gasteiger partial charge >= 0.3 is 0 Å². The highest BCUT2D eigenvalue weighted by molar-refractivity contribution is 7.89. The molecule has 0 fully saturated rings. The van der Waals surface area contributed by atoms with Crippen LogP contribution in [0.3, 0.4) is 0 Å². The molecular weight excluding hydrogens is 292 g/mol. The number of carbonyl (C=O) groups excluding carboxylic acids is 2. The van der Waals surface area contributed by atoms with Crippen LogP contribution in [0.1, 0.15) is 37.6 Å². The zero-order valence-corrected chi connectivity index (χ0v) is 13.1. The van der Waals surface area contributed by atoms with Gasteiger partial charge in [-0.15, -0.1) is 0 Å². The predicted octanol–water partition coefficient (Wildman–Crippen LogP) is 1.07. The van der Waals surface area contributed by atoms with E-state index in [1.54, 1.807) is 6.92 Å². The lowest BCUT2D eigenvalue weighted by Crippen LogP contribution is -2.48. The van der Waals surface area contributed by atoms with Crippen LogP contribution in [0.2, 0.25) is 0 Å². The lowest BCUT2D eigenvalue weighted by Gasteiger charge is -2.21. The SMILES string of the molecule is CCC(C)C(NS(=O)(=O)c1ccc(C(C)=O)cc1)C(N)=O. The normalized spacial score (nSPS) is 14.4. The Hall–Kier alpha value is -1.73. The number of hydrogen-bond donors (Lipinski definition) is 2. The predicted molar refractivity (Wildman–Crippen MR) is 79.2 cm³/mol. The summed E-state index contributed by atoms with van der Waals surface area (Å²) in [5, 5.41) is 0. The molecule has 6 nitrogen and oxygen atoms in total. The second kappa shape index (κ2) is 6.82. The van der Waals surface area contributed by atoms with Crippen molar-refractivity contribution in [3.05, 3.63) is 29.8 Å². The molecule has 116 valence electrons. The molecule has 0 aliphatic heterocycles. The molecule has 21 heavy (non-hydrogen) atoms. The fourth-order valence-electron chi connectivity index (χ4n) is 1.79. The van der Waals surface area contributed by atoms with E-state index in [4.69, 9.17) is 5.73 Å². The fourth-order valence-corrected chi connectivity index (χ4v) is 3.11. The average molecular weight is 312 g/mol. The molecule has 0 spiro atoms. The van der Waals surface area contributed by atoms with Gasteiger partial charge in [-0.25, -0.2) is 8.42 Å². The molecule has 0 aliphatic carbocycles. The Kier molecular flexibility index (Phi) is 5.62. The van der Waals surface area contributed by atoms with Gasteiger partial charge in [-0.1, -0.05) is 32.4 Å². The number of amides is 1. The van der Waals surface area contributed by atoms with Gasteiger partial charge in [0.05, 0.1) is 4.90 Å². The first-order chi connectivity index (χ1) is 9.69. The van der Waals surface area contributed by atoms with E-state index in [9.17, 15) is 18.0 Å². The second-order valence-corrected chi connectivity index (χ2v) is 6.68. The molecule has 3 N–H and O–H groups in total. The van der Waals surface area contributed by atoms with Crippen LogP contribution >= 0.6 is 0 Å². The first kappa shape index (κ1) is 17.3. The van der Waals surface area contributed by atoms with Crippen LogP contribution in [0.5, 0.6) is 0 Å². The minimum absolute atomic E-state index is 0.0120. The van der Waals surface area contributed by atoms with Crippen molar-refractivity contribution in [2.45, 2.75) is 38.1 Å². The van der Waals surface area contributed by atoms with E-state index in [2.05, 4.69) is 4.72 Å². The lowest BCUT2D eigenvalue weighted by molar-refractivity contribution is -0.120. The van der Waals surface area contributed by atoms with Crippen molar-refractivity contribution in [3.63, 3.8) is 0 Å². The zero-order valence-electron chi connectivity index (χ0n) is 12.3. The van der Waals surface area contributed by atoms with Gasteiger partial charge in [0.2, 0.25) is 15.9 Å². The molecule has 0 saturated carbocycles. The summed E-state index contributed by atoms with van der Waals surface area (Å²) in [6.45, 7) is 4.99. The van der Waals surface area contributed by atoms with Gasteiger partial charge in [0.25, 0.3) is 0 Å². The van der Waals surface area contributed by atoms with E-state index in [-0.39, 0.29) is 16.6 Å². The third kappa shape index (κ3) is 4.37. The van der Waals surface area contributed by atoms with Crippen LogP contribution in [0.25, 0.3) is 0 Å². The number of nitrogens with two attached hydrogens (primary N) is 1. The molecule has 1 rings (SSSR count). The monoisotopic (exact) mass is 312 g/mol. The van der Waals surface area contributed by atoms with Gasteiger partial charge < -0.3 is 5.73 Å². The van der Waals surface area contributed by atoms with E-state index < -0.39 is 22.0 Å². The Morgan fingerprint density at radius 2 is 1.76 bits per heavy atom. The first-order valence-electron chi connectivity index (χ1n) is 6.61. The highest BCUT2D eigenvalue weighted by atomic mass is 32.2. The average Bonchev–Trinajstić information content (AvgIpc) is 2.43. The molecule has 0 heterocycles. The van der Waals surface area contributed by atoms with E-state index in [1.807, 2.05) is 6.92 Å². The van der Waals surface area contributed by atoms with Crippen molar-refractivity contribution < 1.29 is 18.0 Å². The Bertz CT molecular complexity index is 623. The summed E-state index contributed by atoms with van der Waals surface area (Å²) in [6.07, 6.45) is 0.611. The zero-order chi connectivity index (χ0) is 16.2. The van der Waals surface area contributed by atoms with Crippen molar-refractivity contribution in [1.82, 2.24) is 4.72 Å². The minimum atomic E-state index is -3.86. The van der Waals surface area contributed by atoms with Crippen LogP contribution in [-0.4, -0.2) is 26.2 Å². The Morgan fingerprint density at radius 3 is 2.14 bits per heavy atom. The van der Waals surface area contributed by atoms with Gasteiger partial charge in [-0.2, -0.15) is 4.72 Å². The quantitative estimate of drug-likeness (QED) is 0.734. The number of Topliss-reactive ketones (excluding diaryl/α,β-unsaturated/α-hetero) is 1. The van der Waals surface area contributed by atoms with Gasteiger partial charge in [0.1, 0.15) is 6.04 Å². The summed E-state index contributed by atoms with van der Waals surface area (Å²) >= 11 is 0. The van der Waals surface area contributed by atoms with Crippen LogP contribution < -0.4 is 10.5 Å². The lowest BCUT2D eigenvalue weighted by atomic mass is 10.00. The highest BCUT2D eigenvalue weighted by Gasteiger charge is 2.27. The van der Waals surface area contributed by atoms with Crippen molar-refractivity contribution in [2.24, 2.45) is 11.7 Å². The maximum Gasteiger partial charge on any atom is 0.241 e. The molecule has 1 amide bonds. The molecule has 1 aromatic rings. The van der Waals surface area contributed by atoms with Gasteiger partial charge in [-0.05, 0) is 25.0 Å². The van der Waals surface area contributed by atoms with Gasteiger partial charge in [0.15, 0.2) is 5.78 Å².